The predicted octanol–water partition coefficient (Wildman–Crippen LogP) is 3.04. The third kappa shape index (κ3) is 4.67. The van der Waals surface area contributed by atoms with Gasteiger partial charge in [-0.1, -0.05) is 24.3 Å². The van der Waals surface area contributed by atoms with E-state index in [9.17, 15) is 4.79 Å². The van der Waals surface area contributed by atoms with Crippen molar-refractivity contribution in [3.05, 3.63) is 28.9 Å². The summed E-state index contributed by atoms with van der Waals surface area (Å²) in [7, 11) is 0. The van der Waals surface area contributed by atoms with Crippen LogP contribution < -0.4 is 5.32 Å². The van der Waals surface area contributed by atoms with Gasteiger partial charge >= 0.3 is 0 Å². The van der Waals surface area contributed by atoms with Crippen LogP contribution in [0, 0.1) is 0 Å². The zero-order valence-electron chi connectivity index (χ0n) is 16.4. The van der Waals surface area contributed by atoms with E-state index in [1.54, 1.807) is 11.3 Å². The van der Waals surface area contributed by atoms with Gasteiger partial charge in [-0.15, -0.1) is 10.2 Å². The SMILES string of the molecule is CCc1nnc(Nc2cccc(C3CCN(CC(=O)N4CCCC4)CC3)n2)s1. The van der Waals surface area contributed by atoms with E-state index in [1.807, 2.05) is 11.0 Å². The number of amides is 1. The summed E-state index contributed by atoms with van der Waals surface area (Å²) in [5.41, 5.74) is 1.12. The largest absolute Gasteiger partial charge is 0.342 e. The second-order valence-corrected chi connectivity index (χ2v) is 8.63. The van der Waals surface area contributed by atoms with E-state index in [0.717, 1.165) is 79.9 Å². The zero-order chi connectivity index (χ0) is 19.3. The van der Waals surface area contributed by atoms with Gasteiger partial charge in [0, 0.05) is 24.7 Å². The molecule has 0 spiro atoms. The summed E-state index contributed by atoms with van der Waals surface area (Å²) in [6.45, 7) is 6.44. The Labute approximate surface area is 170 Å². The smallest absolute Gasteiger partial charge is 0.236 e. The minimum atomic E-state index is 0.295. The molecule has 0 saturated carbocycles. The molecule has 8 heteroatoms. The summed E-state index contributed by atoms with van der Waals surface area (Å²) >= 11 is 1.57. The number of carbonyl (C=O) groups excluding carboxylic acids is 1. The molecule has 2 aromatic rings. The average Bonchev–Trinajstić information content (AvgIpc) is 3.41. The first-order valence-corrected chi connectivity index (χ1v) is 11.1. The Morgan fingerprint density at radius 1 is 1.18 bits per heavy atom. The fourth-order valence-electron chi connectivity index (χ4n) is 3.95. The molecule has 0 aromatic carbocycles. The highest BCUT2D eigenvalue weighted by atomic mass is 32.1. The first-order chi connectivity index (χ1) is 13.7. The topological polar surface area (TPSA) is 74.2 Å². The molecule has 2 aromatic heterocycles. The van der Waals surface area contributed by atoms with Crippen molar-refractivity contribution in [3.8, 4) is 0 Å². The molecule has 0 unspecified atom stereocenters. The Morgan fingerprint density at radius 2 is 1.96 bits per heavy atom. The molecule has 0 bridgehead atoms. The zero-order valence-corrected chi connectivity index (χ0v) is 17.2. The number of pyridine rings is 1. The highest BCUT2D eigenvalue weighted by Gasteiger charge is 2.25. The molecule has 150 valence electrons. The number of nitrogens with zero attached hydrogens (tertiary/aromatic N) is 5. The lowest BCUT2D eigenvalue weighted by Crippen LogP contribution is -2.42. The maximum atomic E-state index is 12.4. The van der Waals surface area contributed by atoms with Crippen molar-refractivity contribution in [2.45, 2.75) is 44.9 Å². The van der Waals surface area contributed by atoms with Crippen molar-refractivity contribution in [1.82, 2.24) is 25.0 Å². The average molecular weight is 401 g/mol. The van der Waals surface area contributed by atoms with E-state index in [-0.39, 0.29) is 0 Å². The Balaban J connectivity index is 1.31. The van der Waals surface area contributed by atoms with E-state index < -0.39 is 0 Å². The monoisotopic (exact) mass is 400 g/mol. The van der Waals surface area contributed by atoms with Crippen LogP contribution in [0.1, 0.15) is 49.2 Å². The molecule has 2 fully saturated rings. The predicted molar refractivity (Wildman–Crippen MR) is 111 cm³/mol. The number of aryl methyl sites for hydroxylation is 1. The lowest BCUT2D eigenvalue weighted by Gasteiger charge is -2.32. The van der Waals surface area contributed by atoms with Crippen molar-refractivity contribution in [2.24, 2.45) is 0 Å². The standard InChI is InChI=1S/C20H28N6OS/c1-2-18-23-24-20(28-18)22-17-7-5-6-16(21-17)15-8-12-25(13-9-15)14-19(27)26-10-3-4-11-26/h5-7,15H,2-4,8-14H2,1H3,(H,21,22,24). The highest BCUT2D eigenvalue weighted by molar-refractivity contribution is 7.15. The number of likely N-dealkylation sites (tertiary alicyclic amines) is 2. The molecule has 0 atom stereocenters. The van der Waals surface area contributed by atoms with Gasteiger partial charge in [0.1, 0.15) is 10.8 Å². The van der Waals surface area contributed by atoms with Gasteiger partial charge in [-0.25, -0.2) is 4.98 Å². The minimum absolute atomic E-state index is 0.295. The van der Waals surface area contributed by atoms with Crippen molar-refractivity contribution in [2.75, 3.05) is 38.0 Å². The van der Waals surface area contributed by atoms with Gasteiger partial charge in [-0.05, 0) is 57.3 Å². The first kappa shape index (κ1) is 19.3. The second-order valence-electron chi connectivity index (χ2n) is 7.57. The van der Waals surface area contributed by atoms with Gasteiger partial charge in [0.25, 0.3) is 0 Å². The number of hydrogen-bond acceptors (Lipinski definition) is 7. The van der Waals surface area contributed by atoms with E-state index in [2.05, 4.69) is 39.5 Å². The molecule has 2 aliphatic rings. The Hall–Kier alpha value is -2.06. The molecule has 7 nitrogen and oxygen atoms in total. The number of rotatable bonds is 6. The Bertz CT molecular complexity index is 795. The van der Waals surface area contributed by atoms with E-state index >= 15 is 0 Å². The number of anilines is 2. The van der Waals surface area contributed by atoms with Crippen LogP contribution in [-0.2, 0) is 11.2 Å². The van der Waals surface area contributed by atoms with Crippen LogP contribution in [0.5, 0.6) is 0 Å². The Kier molecular flexibility index (Phi) is 6.17. The summed E-state index contributed by atoms with van der Waals surface area (Å²) in [5.74, 6) is 1.56. The molecule has 2 aliphatic heterocycles. The normalized spacial score (nSPS) is 18.5. The number of carbonyl (C=O) groups is 1. The third-order valence-corrected chi connectivity index (χ3v) is 6.58. The number of aromatic nitrogens is 3. The van der Waals surface area contributed by atoms with Crippen LogP contribution in [-0.4, -0.2) is 63.6 Å². The van der Waals surface area contributed by atoms with Gasteiger partial charge < -0.3 is 10.2 Å². The minimum Gasteiger partial charge on any atom is -0.342 e. The van der Waals surface area contributed by atoms with Crippen LogP contribution >= 0.6 is 11.3 Å². The molecule has 2 saturated heterocycles. The quantitative estimate of drug-likeness (QED) is 0.803. The van der Waals surface area contributed by atoms with Gasteiger partial charge in [-0.3, -0.25) is 9.69 Å². The van der Waals surface area contributed by atoms with Gasteiger partial charge in [-0.2, -0.15) is 0 Å². The number of nitrogens with one attached hydrogen (secondary N) is 1. The van der Waals surface area contributed by atoms with Crippen LogP contribution in [0.2, 0.25) is 0 Å². The second kappa shape index (κ2) is 8.96. The molecule has 0 radical (unpaired) electrons. The molecular weight excluding hydrogens is 372 g/mol. The molecule has 0 aliphatic carbocycles. The van der Waals surface area contributed by atoms with Crippen LogP contribution in [0.25, 0.3) is 0 Å². The molecule has 4 heterocycles. The lowest BCUT2D eigenvalue weighted by molar-refractivity contribution is -0.131. The summed E-state index contributed by atoms with van der Waals surface area (Å²) in [6.07, 6.45) is 5.29. The Morgan fingerprint density at radius 3 is 2.68 bits per heavy atom. The van der Waals surface area contributed by atoms with Crippen LogP contribution in [0.3, 0.4) is 0 Å². The summed E-state index contributed by atoms with van der Waals surface area (Å²) in [6, 6.07) is 6.13. The van der Waals surface area contributed by atoms with Crippen molar-refractivity contribution < 1.29 is 4.79 Å². The first-order valence-electron chi connectivity index (χ1n) is 10.3. The molecule has 1 amide bonds. The van der Waals surface area contributed by atoms with Gasteiger partial charge in [0.15, 0.2) is 0 Å². The number of piperidine rings is 1. The maximum absolute atomic E-state index is 12.4. The van der Waals surface area contributed by atoms with Gasteiger partial charge in [0.05, 0.1) is 6.54 Å². The van der Waals surface area contributed by atoms with Crippen molar-refractivity contribution in [1.29, 1.82) is 0 Å². The fraction of sp³-hybridized carbons (Fsp3) is 0.600. The molecular formula is C20H28N6OS. The molecule has 28 heavy (non-hydrogen) atoms. The van der Waals surface area contributed by atoms with E-state index in [1.165, 1.54) is 0 Å². The van der Waals surface area contributed by atoms with Crippen molar-refractivity contribution in [3.63, 3.8) is 0 Å². The molecule has 1 N–H and O–H groups in total. The van der Waals surface area contributed by atoms with Gasteiger partial charge in [0.2, 0.25) is 11.0 Å². The van der Waals surface area contributed by atoms with E-state index in [4.69, 9.17) is 4.98 Å². The summed E-state index contributed by atoms with van der Waals surface area (Å²) in [4.78, 5) is 21.5. The van der Waals surface area contributed by atoms with E-state index in [0.29, 0.717) is 18.4 Å². The van der Waals surface area contributed by atoms with Crippen LogP contribution in [0.15, 0.2) is 18.2 Å². The molecule has 4 rings (SSSR count). The van der Waals surface area contributed by atoms with Crippen molar-refractivity contribution >= 4 is 28.2 Å². The lowest BCUT2D eigenvalue weighted by atomic mass is 9.93. The third-order valence-electron chi connectivity index (χ3n) is 5.60. The summed E-state index contributed by atoms with van der Waals surface area (Å²) in [5, 5.41) is 13.4. The summed E-state index contributed by atoms with van der Waals surface area (Å²) < 4.78 is 0. The van der Waals surface area contributed by atoms with Crippen LogP contribution in [0.4, 0.5) is 10.9 Å². The highest BCUT2D eigenvalue weighted by Crippen LogP contribution is 2.28. The maximum Gasteiger partial charge on any atom is 0.236 e. The number of hydrogen-bond donors (Lipinski definition) is 1. The fourth-order valence-corrected chi connectivity index (χ4v) is 4.64.